The van der Waals surface area contributed by atoms with Gasteiger partial charge in [-0.15, -0.1) is 15.3 Å². The molecule has 1 fully saturated rings. The Labute approximate surface area is 131 Å². The van der Waals surface area contributed by atoms with Gasteiger partial charge < -0.3 is 5.32 Å². The molecule has 3 heterocycles. The summed E-state index contributed by atoms with van der Waals surface area (Å²) >= 11 is 0. The molecule has 1 aliphatic heterocycles. The lowest BCUT2D eigenvalue weighted by Crippen LogP contribution is -2.37. The zero-order valence-electron chi connectivity index (χ0n) is 12.8. The highest BCUT2D eigenvalue weighted by Gasteiger charge is 2.37. The van der Waals surface area contributed by atoms with E-state index in [0.29, 0.717) is 18.4 Å². The molecule has 1 aliphatic rings. The maximum Gasteiger partial charge on any atom is 0.453 e. The van der Waals surface area contributed by atoms with Crippen molar-refractivity contribution in [2.75, 3.05) is 25.0 Å². The number of hydrogen-bond donors (Lipinski definition) is 1. The van der Waals surface area contributed by atoms with E-state index < -0.39 is 12.0 Å². The molecule has 0 aromatic carbocycles. The van der Waals surface area contributed by atoms with E-state index in [4.69, 9.17) is 0 Å². The summed E-state index contributed by atoms with van der Waals surface area (Å²) in [6.07, 6.45) is -1.19. The van der Waals surface area contributed by atoms with Crippen molar-refractivity contribution in [1.82, 2.24) is 24.7 Å². The van der Waals surface area contributed by atoms with Crippen LogP contribution in [0.1, 0.15) is 32.0 Å². The maximum atomic E-state index is 12.9. The van der Waals surface area contributed by atoms with Crippen molar-refractivity contribution < 1.29 is 13.2 Å². The van der Waals surface area contributed by atoms with Crippen LogP contribution in [0.2, 0.25) is 0 Å². The second-order valence-corrected chi connectivity index (χ2v) is 5.70. The largest absolute Gasteiger partial charge is 0.453 e. The minimum atomic E-state index is -4.58. The van der Waals surface area contributed by atoms with Crippen LogP contribution in [0.4, 0.5) is 19.0 Å². The second kappa shape index (κ2) is 6.31. The van der Waals surface area contributed by atoms with Crippen molar-refractivity contribution in [2.24, 2.45) is 0 Å². The Hall–Kier alpha value is -1.90. The lowest BCUT2D eigenvalue weighted by atomic mass is 10.2. The molecule has 0 spiro atoms. The number of likely N-dealkylation sites (tertiary alicyclic amines) is 1. The first-order valence-corrected chi connectivity index (χ1v) is 7.76. The third-order valence-corrected chi connectivity index (χ3v) is 4.16. The van der Waals surface area contributed by atoms with E-state index in [-0.39, 0.29) is 5.65 Å². The van der Waals surface area contributed by atoms with Gasteiger partial charge in [-0.25, -0.2) is 0 Å². The molecular weight excluding hydrogens is 309 g/mol. The Morgan fingerprint density at radius 2 is 1.96 bits per heavy atom. The Morgan fingerprint density at radius 1 is 1.22 bits per heavy atom. The number of anilines is 1. The van der Waals surface area contributed by atoms with Gasteiger partial charge in [-0.05, 0) is 44.5 Å². The Morgan fingerprint density at radius 3 is 2.61 bits per heavy atom. The summed E-state index contributed by atoms with van der Waals surface area (Å²) in [6.45, 7) is 4.92. The van der Waals surface area contributed by atoms with Crippen molar-refractivity contribution >= 4 is 11.5 Å². The fourth-order valence-corrected chi connectivity index (χ4v) is 2.92. The second-order valence-electron chi connectivity index (χ2n) is 5.70. The summed E-state index contributed by atoms with van der Waals surface area (Å²) in [5, 5.41) is 13.8. The summed E-state index contributed by atoms with van der Waals surface area (Å²) in [4.78, 5) is 2.41. The molecular formula is C14H19F3N6. The van der Waals surface area contributed by atoms with Gasteiger partial charge in [0.05, 0.1) is 0 Å². The minimum Gasteiger partial charge on any atom is -0.367 e. The molecule has 2 aromatic rings. The van der Waals surface area contributed by atoms with Crippen molar-refractivity contribution in [3.8, 4) is 0 Å². The van der Waals surface area contributed by atoms with Gasteiger partial charge in [0.2, 0.25) is 0 Å². The Balaban J connectivity index is 1.75. The summed E-state index contributed by atoms with van der Waals surface area (Å²) in [7, 11) is 0. The SMILES string of the molecule is CC[C@@H](CNc1ccc2nnc(C(F)(F)F)n2n1)N1CCCC1. The van der Waals surface area contributed by atoms with Gasteiger partial charge in [-0.2, -0.15) is 17.7 Å². The third kappa shape index (κ3) is 3.39. The van der Waals surface area contributed by atoms with Crippen molar-refractivity contribution in [3.63, 3.8) is 0 Å². The topological polar surface area (TPSA) is 58.4 Å². The summed E-state index contributed by atoms with van der Waals surface area (Å²) < 4.78 is 39.3. The van der Waals surface area contributed by atoms with E-state index in [1.165, 1.54) is 18.9 Å². The van der Waals surface area contributed by atoms with Gasteiger partial charge in [0, 0.05) is 12.6 Å². The smallest absolute Gasteiger partial charge is 0.367 e. The summed E-state index contributed by atoms with van der Waals surface area (Å²) in [5.41, 5.74) is 0.0782. The number of alkyl halides is 3. The summed E-state index contributed by atoms with van der Waals surface area (Å²) in [6, 6.07) is 3.47. The van der Waals surface area contributed by atoms with E-state index in [9.17, 15) is 13.2 Å². The van der Waals surface area contributed by atoms with E-state index >= 15 is 0 Å². The molecule has 0 unspecified atom stereocenters. The molecule has 3 rings (SSSR count). The molecule has 1 N–H and O–H groups in total. The molecule has 126 valence electrons. The first kappa shape index (κ1) is 16.0. The molecule has 23 heavy (non-hydrogen) atoms. The van der Waals surface area contributed by atoms with Crippen LogP contribution >= 0.6 is 0 Å². The normalized spacial score (nSPS) is 17.7. The van der Waals surface area contributed by atoms with Crippen LogP contribution in [0.15, 0.2) is 12.1 Å². The zero-order valence-corrected chi connectivity index (χ0v) is 12.8. The molecule has 6 nitrogen and oxygen atoms in total. The monoisotopic (exact) mass is 328 g/mol. The highest BCUT2D eigenvalue weighted by atomic mass is 19.4. The molecule has 1 saturated heterocycles. The molecule has 9 heteroatoms. The predicted molar refractivity (Wildman–Crippen MR) is 79.2 cm³/mol. The van der Waals surface area contributed by atoms with Crippen LogP contribution in [0.25, 0.3) is 5.65 Å². The van der Waals surface area contributed by atoms with Gasteiger partial charge in [-0.3, -0.25) is 4.90 Å². The maximum absolute atomic E-state index is 12.9. The number of rotatable bonds is 5. The molecule has 0 saturated carbocycles. The number of aromatic nitrogens is 4. The standard InChI is InChI=1S/C14H19F3N6/c1-2-10(22-7-3-4-8-22)9-18-11-5-6-12-19-20-13(14(15,16)17)23(12)21-11/h5-6,10H,2-4,7-9H2,1H3,(H,18,21)/t10-/m0/s1. The van der Waals surface area contributed by atoms with Crippen LogP contribution < -0.4 is 5.32 Å². The first-order chi connectivity index (χ1) is 11.0. The fourth-order valence-electron chi connectivity index (χ4n) is 2.92. The Bertz CT molecular complexity index is 662. The molecule has 0 amide bonds. The molecule has 0 aliphatic carbocycles. The van der Waals surface area contributed by atoms with Crippen molar-refractivity contribution in [3.05, 3.63) is 18.0 Å². The van der Waals surface area contributed by atoms with E-state index in [1.54, 1.807) is 6.07 Å². The highest BCUT2D eigenvalue weighted by Crippen LogP contribution is 2.27. The fraction of sp³-hybridized carbons (Fsp3) is 0.643. The lowest BCUT2D eigenvalue weighted by Gasteiger charge is -2.26. The van der Waals surface area contributed by atoms with Gasteiger partial charge in [0.25, 0.3) is 5.82 Å². The van der Waals surface area contributed by atoms with Crippen LogP contribution in [0, 0.1) is 0 Å². The highest BCUT2D eigenvalue weighted by molar-refractivity contribution is 5.44. The number of halogens is 3. The van der Waals surface area contributed by atoms with E-state index in [1.807, 2.05) is 0 Å². The van der Waals surface area contributed by atoms with Gasteiger partial charge in [-0.1, -0.05) is 6.92 Å². The van der Waals surface area contributed by atoms with Crippen LogP contribution in [0.5, 0.6) is 0 Å². The van der Waals surface area contributed by atoms with E-state index in [2.05, 4.69) is 32.4 Å². The van der Waals surface area contributed by atoms with Gasteiger partial charge >= 0.3 is 6.18 Å². The number of nitrogens with one attached hydrogen (secondary N) is 1. The van der Waals surface area contributed by atoms with E-state index in [0.717, 1.165) is 24.0 Å². The summed E-state index contributed by atoms with van der Waals surface area (Å²) in [5.74, 6) is -0.719. The average Bonchev–Trinajstić information content (AvgIpc) is 3.16. The lowest BCUT2D eigenvalue weighted by molar-refractivity contribution is -0.146. The number of hydrogen-bond acceptors (Lipinski definition) is 5. The van der Waals surface area contributed by atoms with Crippen LogP contribution in [-0.4, -0.2) is 50.4 Å². The average molecular weight is 328 g/mol. The third-order valence-electron chi connectivity index (χ3n) is 4.16. The molecule has 0 bridgehead atoms. The van der Waals surface area contributed by atoms with Crippen molar-refractivity contribution in [1.29, 1.82) is 0 Å². The zero-order chi connectivity index (χ0) is 16.4. The first-order valence-electron chi connectivity index (χ1n) is 7.76. The predicted octanol–water partition coefficient (Wildman–Crippen LogP) is 2.43. The molecule has 1 atom stereocenters. The minimum absolute atomic E-state index is 0.0782. The molecule has 0 radical (unpaired) electrons. The van der Waals surface area contributed by atoms with Crippen LogP contribution in [-0.2, 0) is 6.18 Å². The quantitative estimate of drug-likeness (QED) is 0.913. The molecule has 2 aromatic heterocycles. The van der Waals surface area contributed by atoms with Gasteiger partial charge in [0.15, 0.2) is 5.65 Å². The van der Waals surface area contributed by atoms with Crippen molar-refractivity contribution in [2.45, 2.75) is 38.4 Å². The van der Waals surface area contributed by atoms with Gasteiger partial charge in [0.1, 0.15) is 5.82 Å². The Kier molecular flexibility index (Phi) is 4.38. The number of fused-ring (bicyclic) bond motifs is 1. The number of nitrogens with zero attached hydrogens (tertiary/aromatic N) is 5. The van der Waals surface area contributed by atoms with Crippen LogP contribution in [0.3, 0.4) is 0 Å².